The molecule has 3 atom stereocenters. The van der Waals surface area contributed by atoms with Crippen LogP contribution in [0, 0.1) is 18.3 Å². The first kappa shape index (κ1) is 33.4. The number of alkyl carbamates (subject to hydrolysis) is 1. The van der Waals surface area contributed by atoms with Crippen LogP contribution in [0.5, 0.6) is 5.75 Å². The Hall–Kier alpha value is -5.10. The summed E-state index contributed by atoms with van der Waals surface area (Å²) >= 11 is 0. The van der Waals surface area contributed by atoms with Crippen LogP contribution >= 0.6 is 0 Å². The molecule has 3 N–H and O–H groups in total. The summed E-state index contributed by atoms with van der Waals surface area (Å²) in [6.45, 7) is 4.03. The average molecular weight is 598 g/mol. The molecule has 0 unspecified atom stereocenters. The first-order valence-electron chi connectivity index (χ1n) is 14.5. The number of amides is 3. The quantitative estimate of drug-likeness (QED) is 0.170. The van der Waals surface area contributed by atoms with Gasteiger partial charge in [-0.15, -0.1) is 6.42 Å². The highest BCUT2D eigenvalue weighted by Gasteiger charge is 2.29. The summed E-state index contributed by atoms with van der Waals surface area (Å²) in [5.41, 5.74) is 2.43. The third-order valence-electron chi connectivity index (χ3n) is 6.64. The molecule has 3 aromatic rings. The molecule has 0 aliphatic heterocycles. The van der Waals surface area contributed by atoms with Crippen molar-refractivity contribution >= 4 is 24.2 Å². The van der Waals surface area contributed by atoms with Gasteiger partial charge in [0.05, 0.1) is 6.04 Å². The van der Waals surface area contributed by atoms with Crippen LogP contribution in [0.2, 0.25) is 0 Å². The molecule has 0 radical (unpaired) electrons. The van der Waals surface area contributed by atoms with Crippen LogP contribution in [0.25, 0.3) is 0 Å². The van der Waals surface area contributed by atoms with Crippen LogP contribution in [0.15, 0.2) is 84.9 Å². The van der Waals surface area contributed by atoms with E-state index >= 15 is 0 Å². The predicted molar refractivity (Wildman–Crippen MR) is 168 cm³/mol. The number of hydrogen-bond donors (Lipinski definition) is 3. The number of benzene rings is 3. The Morgan fingerprint density at radius 3 is 1.95 bits per heavy atom. The summed E-state index contributed by atoms with van der Waals surface area (Å²) in [5, 5.41) is 8.20. The third-order valence-corrected chi connectivity index (χ3v) is 6.64. The fourth-order valence-electron chi connectivity index (χ4n) is 4.46. The van der Waals surface area contributed by atoms with Gasteiger partial charge in [0.1, 0.15) is 37.3 Å². The first-order chi connectivity index (χ1) is 21.3. The van der Waals surface area contributed by atoms with Crippen molar-refractivity contribution in [3.63, 3.8) is 0 Å². The van der Waals surface area contributed by atoms with Gasteiger partial charge >= 0.3 is 6.09 Å². The van der Waals surface area contributed by atoms with Gasteiger partial charge in [-0.3, -0.25) is 9.59 Å². The number of rotatable bonds is 16. The lowest BCUT2D eigenvalue weighted by molar-refractivity contribution is -0.131. The van der Waals surface area contributed by atoms with E-state index < -0.39 is 36.0 Å². The van der Waals surface area contributed by atoms with E-state index in [4.69, 9.17) is 15.9 Å². The van der Waals surface area contributed by atoms with Crippen molar-refractivity contribution in [2.24, 2.45) is 5.92 Å². The molecule has 9 nitrogen and oxygen atoms in total. The van der Waals surface area contributed by atoms with Gasteiger partial charge in [0, 0.05) is 6.42 Å². The van der Waals surface area contributed by atoms with E-state index in [1.165, 1.54) is 0 Å². The Balaban J connectivity index is 1.68. The minimum Gasteiger partial charge on any atom is -0.481 e. The van der Waals surface area contributed by atoms with E-state index in [9.17, 15) is 19.2 Å². The molecule has 3 amide bonds. The molecule has 230 valence electrons. The zero-order valence-electron chi connectivity index (χ0n) is 25.0. The van der Waals surface area contributed by atoms with Crippen LogP contribution in [0.1, 0.15) is 37.0 Å². The van der Waals surface area contributed by atoms with Gasteiger partial charge in [0.15, 0.2) is 0 Å². The van der Waals surface area contributed by atoms with Crippen molar-refractivity contribution in [1.29, 1.82) is 0 Å². The molecule has 0 spiro atoms. The molecular weight excluding hydrogens is 558 g/mol. The minimum atomic E-state index is -1.01. The number of carbonyl (C=O) groups is 4. The van der Waals surface area contributed by atoms with Crippen molar-refractivity contribution in [2.45, 2.75) is 57.8 Å². The molecule has 0 heterocycles. The maximum atomic E-state index is 13.6. The number of nitrogens with one attached hydrogen (secondary N) is 3. The van der Waals surface area contributed by atoms with Gasteiger partial charge in [-0.2, -0.15) is 0 Å². The summed E-state index contributed by atoms with van der Waals surface area (Å²) in [7, 11) is 0. The van der Waals surface area contributed by atoms with Crippen molar-refractivity contribution in [3.05, 3.63) is 102 Å². The molecule has 0 bridgehead atoms. The van der Waals surface area contributed by atoms with Gasteiger partial charge in [0.25, 0.3) is 0 Å². The van der Waals surface area contributed by atoms with E-state index in [1.54, 1.807) is 24.3 Å². The molecule has 9 heteroatoms. The number of hydrogen-bond acceptors (Lipinski definition) is 6. The lowest BCUT2D eigenvalue weighted by Gasteiger charge is -2.25. The van der Waals surface area contributed by atoms with Gasteiger partial charge in [-0.25, -0.2) is 4.79 Å². The summed E-state index contributed by atoms with van der Waals surface area (Å²) in [6.07, 6.45) is 5.88. The van der Waals surface area contributed by atoms with Gasteiger partial charge in [0.2, 0.25) is 11.8 Å². The Morgan fingerprint density at radius 1 is 0.773 bits per heavy atom. The highest BCUT2D eigenvalue weighted by molar-refractivity contribution is 5.92. The summed E-state index contributed by atoms with van der Waals surface area (Å²) in [4.78, 5) is 51.5. The molecule has 0 saturated carbocycles. The molecule has 0 aliphatic rings. The lowest BCUT2D eigenvalue weighted by atomic mass is 10.00. The highest BCUT2D eigenvalue weighted by atomic mass is 16.5. The zero-order valence-corrected chi connectivity index (χ0v) is 25.0. The fourth-order valence-corrected chi connectivity index (χ4v) is 4.46. The van der Waals surface area contributed by atoms with Crippen molar-refractivity contribution in [2.75, 3.05) is 6.61 Å². The highest BCUT2D eigenvalue weighted by Crippen LogP contribution is 2.14. The van der Waals surface area contributed by atoms with Crippen LogP contribution in [0.4, 0.5) is 4.79 Å². The smallest absolute Gasteiger partial charge is 0.408 e. The van der Waals surface area contributed by atoms with E-state index in [0.29, 0.717) is 18.5 Å². The van der Waals surface area contributed by atoms with E-state index in [-0.39, 0.29) is 32.0 Å². The van der Waals surface area contributed by atoms with Crippen LogP contribution < -0.4 is 20.7 Å². The van der Waals surface area contributed by atoms with Crippen LogP contribution in [-0.4, -0.2) is 48.9 Å². The summed E-state index contributed by atoms with van der Waals surface area (Å²) in [5.74, 6) is 2.00. The van der Waals surface area contributed by atoms with E-state index in [0.717, 1.165) is 16.7 Å². The maximum Gasteiger partial charge on any atom is 0.408 e. The topological polar surface area (TPSA) is 123 Å². The fraction of sp³-hybridized carbons (Fsp3) is 0.314. The van der Waals surface area contributed by atoms with Gasteiger partial charge in [-0.1, -0.05) is 92.6 Å². The van der Waals surface area contributed by atoms with Crippen LogP contribution in [0.3, 0.4) is 0 Å². The van der Waals surface area contributed by atoms with Crippen molar-refractivity contribution < 1.29 is 28.7 Å². The second kappa shape index (κ2) is 17.8. The first-order valence-corrected chi connectivity index (χ1v) is 14.5. The molecule has 0 aromatic heterocycles. The second-order valence-corrected chi connectivity index (χ2v) is 10.7. The molecule has 44 heavy (non-hydrogen) atoms. The third kappa shape index (κ3) is 11.6. The Morgan fingerprint density at radius 2 is 1.36 bits per heavy atom. The SMILES string of the molecule is C#CCOc1ccc(C[C@@H](C=O)NC(=O)[C@H](CC(C)C)NC(=O)[C@H](Cc2ccccc2)NC(=O)OCc2ccccc2)cc1. The van der Waals surface area contributed by atoms with E-state index in [1.807, 2.05) is 74.5 Å². The van der Waals surface area contributed by atoms with Crippen molar-refractivity contribution in [3.8, 4) is 18.1 Å². The second-order valence-electron chi connectivity index (χ2n) is 10.7. The lowest BCUT2D eigenvalue weighted by Crippen LogP contribution is -2.56. The standard InChI is InChI=1S/C35H39N3O6/c1-4-19-43-30-17-15-27(16-18-30)21-29(23-39)36-33(40)31(20-25(2)3)37-34(41)32(22-26-11-7-5-8-12-26)38-35(42)44-24-28-13-9-6-10-14-28/h1,5-18,23,25,29,31-32H,19-22,24H2,2-3H3,(H,36,40)(H,37,41)(H,38,42)/t29-,31-,32-/m0/s1. The monoisotopic (exact) mass is 597 g/mol. The molecule has 3 rings (SSSR count). The molecule has 0 fully saturated rings. The number of aldehydes is 1. The largest absolute Gasteiger partial charge is 0.481 e. The minimum absolute atomic E-state index is 0.0402. The summed E-state index contributed by atoms with van der Waals surface area (Å²) < 4.78 is 10.7. The number of carbonyl (C=O) groups excluding carboxylic acids is 4. The predicted octanol–water partition coefficient (Wildman–Crippen LogP) is 3.99. The molecule has 0 aliphatic carbocycles. The summed E-state index contributed by atoms with van der Waals surface area (Å²) in [6, 6.07) is 22.7. The van der Waals surface area contributed by atoms with E-state index in [2.05, 4.69) is 21.9 Å². The average Bonchev–Trinajstić information content (AvgIpc) is 3.03. The molecule has 3 aromatic carbocycles. The number of terminal acetylenes is 1. The molecular formula is C35H39N3O6. The zero-order chi connectivity index (χ0) is 31.7. The Bertz CT molecular complexity index is 1390. The maximum absolute atomic E-state index is 13.6. The Labute approximate surface area is 258 Å². The normalized spacial score (nSPS) is 12.6. The van der Waals surface area contributed by atoms with Gasteiger partial charge in [-0.05, 0) is 47.6 Å². The molecule has 0 saturated heterocycles. The van der Waals surface area contributed by atoms with Gasteiger partial charge < -0.3 is 30.2 Å². The number of ether oxygens (including phenoxy) is 2. The van der Waals surface area contributed by atoms with Crippen molar-refractivity contribution in [1.82, 2.24) is 16.0 Å². The Kier molecular flexibility index (Phi) is 13.5. The van der Waals surface area contributed by atoms with Crippen LogP contribution in [-0.2, 0) is 38.6 Å².